The van der Waals surface area contributed by atoms with Gasteiger partial charge in [0, 0.05) is 24.4 Å². The van der Waals surface area contributed by atoms with E-state index in [0.717, 1.165) is 25.7 Å². The zero-order valence-electron chi connectivity index (χ0n) is 16.4. The molecule has 1 aliphatic carbocycles. The first-order valence-electron chi connectivity index (χ1n) is 10.2. The molecule has 0 aromatic rings. The average Bonchev–Trinajstić information content (AvgIpc) is 2.70. The van der Waals surface area contributed by atoms with Gasteiger partial charge in [-0.05, 0) is 45.4 Å². The summed E-state index contributed by atoms with van der Waals surface area (Å²) < 4.78 is 52.5. The van der Waals surface area contributed by atoms with E-state index in [1.165, 1.54) is 0 Å². The number of carbonyl (C=O) groups excluding carboxylic acids is 1. The van der Waals surface area contributed by atoms with E-state index in [9.17, 15) is 18.0 Å². The second kappa shape index (κ2) is 8.85. The first-order chi connectivity index (χ1) is 13.2. The highest BCUT2D eigenvalue weighted by atomic mass is 19.4. The molecule has 0 aromatic heterocycles. The van der Waals surface area contributed by atoms with Gasteiger partial charge in [0.25, 0.3) is 0 Å². The van der Waals surface area contributed by atoms with Gasteiger partial charge in [-0.3, -0.25) is 9.53 Å². The lowest BCUT2D eigenvalue weighted by atomic mass is 9.72. The molecule has 1 saturated carbocycles. The summed E-state index contributed by atoms with van der Waals surface area (Å²) in [5, 5.41) is 0. The molecule has 4 aliphatic rings. The Kier molecular flexibility index (Phi) is 6.89. The number of likely N-dealkylation sites (tertiary alicyclic amines) is 1. The van der Waals surface area contributed by atoms with Gasteiger partial charge >= 0.3 is 6.36 Å². The monoisotopic (exact) mass is 408 g/mol. The number of nitrogens with zero attached hydrogens (tertiary/aromatic N) is 1. The number of hydrogen-bond donors (Lipinski definition) is 1. The van der Waals surface area contributed by atoms with Gasteiger partial charge in [-0.15, -0.1) is 13.2 Å². The Morgan fingerprint density at radius 1 is 1.32 bits per heavy atom. The van der Waals surface area contributed by atoms with E-state index in [4.69, 9.17) is 15.2 Å². The minimum absolute atomic E-state index is 0.0247. The molecule has 1 amide bonds. The molecule has 4 rings (SSSR count). The number of fused-ring (bicyclic) bond motifs is 3. The lowest BCUT2D eigenvalue weighted by molar-refractivity contribution is -0.329. The van der Waals surface area contributed by atoms with E-state index in [0.29, 0.717) is 38.7 Å². The normalized spacial score (nSPS) is 33.0. The maximum Gasteiger partial charge on any atom is 0.522 e. The van der Waals surface area contributed by atoms with E-state index < -0.39 is 25.1 Å². The molecule has 6 nitrogen and oxygen atoms in total. The van der Waals surface area contributed by atoms with Crippen molar-refractivity contribution < 1.29 is 32.2 Å². The van der Waals surface area contributed by atoms with Crippen LogP contribution in [-0.4, -0.2) is 68.3 Å². The molecule has 2 bridgehead atoms. The van der Waals surface area contributed by atoms with Gasteiger partial charge in [-0.25, -0.2) is 0 Å². The van der Waals surface area contributed by atoms with Gasteiger partial charge in [0.05, 0.1) is 32.0 Å². The van der Waals surface area contributed by atoms with Crippen LogP contribution in [0.3, 0.4) is 0 Å². The lowest BCUT2D eigenvalue weighted by Crippen LogP contribution is -2.54. The Bertz CT molecular complexity index is 524. The number of nitrogens with two attached hydrogens (primary N) is 1. The molecule has 3 atom stereocenters. The van der Waals surface area contributed by atoms with Gasteiger partial charge in [0.15, 0.2) is 0 Å². The van der Waals surface area contributed by atoms with Gasteiger partial charge in [0.2, 0.25) is 5.91 Å². The molecular formula is C19H31F3N2O4. The number of carbonyl (C=O) groups is 1. The highest BCUT2D eigenvalue weighted by Gasteiger charge is 2.42. The minimum Gasteiger partial charge on any atom is -0.378 e. The summed E-state index contributed by atoms with van der Waals surface area (Å²) in [7, 11) is 0. The van der Waals surface area contributed by atoms with E-state index in [1.54, 1.807) is 11.8 Å². The topological polar surface area (TPSA) is 74.0 Å². The average molecular weight is 408 g/mol. The zero-order chi connectivity index (χ0) is 20.4. The van der Waals surface area contributed by atoms with Crippen molar-refractivity contribution >= 4 is 5.91 Å². The molecular weight excluding hydrogens is 377 g/mol. The van der Waals surface area contributed by atoms with Crippen LogP contribution in [0.15, 0.2) is 0 Å². The third-order valence-corrected chi connectivity index (χ3v) is 6.38. The van der Waals surface area contributed by atoms with Crippen LogP contribution in [0, 0.1) is 11.3 Å². The summed E-state index contributed by atoms with van der Waals surface area (Å²) >= 11 is 0. The second-order valence-corrected chi connectivity index (χ2v) is 8.60. The van der Waals surface area contributed by atoms with Crippen molar-refractivity contribution in [3.8, 4) is 0 Å². The molecule has 0 spiro atoms. The van der Waals surface area contributed by atoms with E-state index in [-0.39, 0.29) is 23.8 Å². The molecule has 0 unspecified atom stereocenters. The number of halogens is 3. The fourth-order valence-corrected chi connectivity index (χ4v) is 4.43. The molecule has 0 aromatic carbocycles. The van der Waals surface area contributed by atoms with Crippen molar-refractivity contribution in [2.24, 2.45) is 17.1 Å². The maximum absolute atomic E-state index is 12.7. The Hall–Kier alpha value is -0.900. The molecule has 9 heteroatoms. The van der Waals surface area contributed by atoms with Crippen LogP contribution >= 0.6 is 0 Å². The number of ether oxygens (including phenoxy) is 3. The summed E-state index contributed by atoms with van der Waals surface area (Å²) in [5.41, 5.74) is 6.16. The van der Waals surface area contributed by atoms with Crippen LogP contribution in [0.4, 0.5) is 13.2 Å². The molecule has 162 valence electrons. The zero-order valence-corrected chi connectivity index (χ0v) is 16.4. The van der Waals surface area contributed by atoms with Crippen LogP contribution < -0.4 is 5.73 Å². The predicted molar refractivity (Wildman–Crippen MR) is 95.3 cm³/mol. The maximum atomic E-state index is 12.7. The van der Waals surface area contributed by atoms with Crippen molar-refractivity contribution in [2.75, 3.05) is 32.9 Å². The Balaban J connectivity index is 1.46. The number of piperidine rings is 1. The van der Waals surface area contributed by atoms with Gasteiger partial charge in [-0.1, -0.05) is 0 Å². The van der Waals surface area contributed by atoms with Gasteiger partial charge in [-0.2, -0.15) is 0 Å². The summed E-state index contributed by atoms with van der Waals surface area (Å²) in [6.45, 7) is 3.29. The predicted octanol–water partition coefficient (Wildman–Crippen LogP) is 2.45. The quantitative estimate of drug-likeness (QED) is 0.701. The Morgan fingerprint density at radius 2 is 2.04 bits per heavy atom. The van der Waals surface area contributed by atoms with Gasteiger partial charge in [0.1, 0.15) is 6.04 Å². The van der Waals surface area contributed by atoms with Crippen LogP contribution in [0.25, 0.3) is 0 Å². The molecule has 2 N–H and O–H groups in total. The first kappa shape index (κ1) is 21.8. The van der Waals surface area contributed by atoms with Crippen molar-refractivity contribution in [1.29, 1.82) is 0 Å². The van der Waals surface area contributed by atoms with E-state index in [1.807, 2.05) is 0 Å². The van der Waals surface area contributed by atoms with Gasteiger partial charge < -0.3 is 20.1 Å². The van der Waals surface area contributed by atoms with Crippen LogP contribution in [-0.2, 0) is 19.0 Å². The van der Waals surface area contributed by atoms with Crippen LogP contribution in [0.5, 0.6) is 0 Å². The van der Waals surface area contributed by atoms with Crippen molar-refractivity contribution in [1.82, 2.24) is 4.90 Å². The van der Waals surface area contributed by atoms with Crippen molar-refractivity contribution in [3.05, 3.63) is 0 Å². The third-order valence-electron chi connectivity index (χ3n) is 6.38. The number of rotatable bonds is 7. The molecule has 4 fully saturated rings. The fraction of sp³-hybridized carbons (Fsp3) is 0.947. The van der Waals surface area contributed by atoms with Crippen molar-refractivity contribution in [3.63, 3.8) is 0 Å². The molecule has 3 aliphatic heterocycles. The molecule has 0 radical (unpaired) electrons. The number of hydrogen-bond acceptors (Lipinski definition) is 5. The largest absolute Gasteiger partial charge is 0.522 e. The van der Waals surface area contributed by atoms with Crippen LogP contribution in [0.2, 0.25) is 0 Å². The SMILES string of the molecule is C[C@@H](OCC12CCC(CC1)OC2)[C@@H](N)C(=O)N1CCC[C@H](COC(F)(F)F)C1. The summed E-state index contributed by atoms with van der Waals surface area (Å²) in [6.07, 6.45) is 0.764. The number of amides is 1. The molecule has 3 heterocycles. The number of alkyl halides is 3. The summed E-state index contributed by atoms with van der Waals surface area (Å²) in [5.74, 6) is -0.610. The van der Waals surface area contributed by atoms with Crippen molar-refractivity contribution in [2.45, 2.75) is 70.1 Å². The lowest BCUT2D eigenvalue weighted by Gasteiger charge is -2.46. The standard InChI is InChI=1S/C19H31F3N2O4/c1-13(26-11-18-6-4-15(5-7-18)27-12-18)16(23)17(25)24-8-2-3-14(9-24)10-28-19(20,21)22/h13-16H,2-12,23H2,1H3/t13-,14+,15?,16-,18?/m1/s1. The Morgan fingerprint density at radius 3 is 2.64 bits per heavy atom. The Labute approximate surface area is 163 Å². The smallest absolute Gasteiger partial charge is 0.378 e. The third kappa shape index (κ3) is 5.58. The highest BCUT2D eigenvalue weighted by Crippen LogP contribution is 2.43. The fourth-order valence-electron chi connectivity index (χ4n) is 4.43. The highest BCUT2D eigenvalue weighted by molar-refractivity contribution is 5.82. The van der Waals surface area contributed by atoms with Crippen LogP contribution in [0.1, 0.15) is 45.4 Å². The minimum atomic E-state index is -4.65. The summed E-state index contributed by atoms with van der Waals surface area (Å²) in [6, 6.07) is -0.834. The van der Waals surface area contributed by atoms with E-state index >= 15 is 0 Å². The second-order valence-electron chi connectivity index (χ2n) is 8.60. The molecule has 28 heavy (non-hydrogen) atoms. The first-order valence-corrected chi connectivity index (χ1v) is 10.2. The van der Waals surface area contributed by atoms with E-state index in [2.05, 4.69) is 4.74 Å². The summed E-state index contributed by atoms with van der Waals surface area (Å²) in [4.78, 5) is 14.3. The molecule has 3 saturated heterocycles.